The van der Waals surface area contributed by atoms with Crippen LogP contribution < -0.4 is 15.5 Å². The molecule has 1 aliphatic rings. The van der Waals surface area contributed by atoms with Crippen molar-refractivity contribution < 1.29 is 14.6 Å². The molecule has 0 bridgehead atoms. The Kier molecular flexibility index (Phi) is 5.39. The number of amides is 1. The van der Waals surface area contributed by atoms with Crippen LogP contribution in [0.4, 0.5) is 5.95 Å². The van der Waals surface area contributed by atoms with Crippen LogP contribution in [0, 0.1) is 0 Å². The summed E-state index contributed by atoms with van der Waals surface area (Å²) in [5.41, 5.74) is 3.18. The number of nitrogens with one attached hydrogen (secondary N) is 3. The monoisotopic (exact) mass is 362 g/mol. The van der Waals surface area contributed by atoms with E-state index in [9.17, 15) is 9.90 Å². The van der Waals surface area contributed by atoms with E-state index < -0.39 is 0 Å². The van der Waals surface area contributed by atoms with Gasteiger partial charge in [-0.2, -0.15) is 10.1 Å². The third kappa shape index (κ3) is 5.11. The second-order valence-corrected chi connectivity index (χ2v) is 6.33. The summed E-state index contributed by atoms with van der Waals surface area (Å²) < 4.78 is 5.09. The number of thioether (sulfide) groups is 1. The molecule has 4 N–H and O–H groups in total. The molecular weight excluding hydrogens is 344 g/mol. The number of hydrogen-bond donors (Lipinski definition) is 4. The lowest BCUT2D eigenvalue weighted by Crippen LogP contribution is -2.27. The highest BCUT2D eigenvalue weighted by Gasteiger charge is 2.23. The Morgan fingerprint density at radius 2 is 2.40 bits per heavy atom. The van der Waals surface area contributed by atoms with E-state index in [4.69, 9.17) is 4.74 Å². The molecule has 0 radical (unpaired) electrons. The molecule has 1 saturated carbocycles. The van der Waals surface area contributed by atoms with Gasteiger partial charge in [0.2, 0.25) is 17.0 Å². The summed E-state index contributed by atoms with van der Waals surface area (Å²) in [6.45, 7) is 0. The van der Waals surface area contributed by atoms with Crippen molar-refractivity contribution in [2.24, 2.45) is 5.10 Å². The lowest BCUT2D eigenvalue weighted by molar-refractivity contribution is -0.118. The van der Waals surface area contributed by atoms with Crippen LogP contribution in [-0.4, -0.2) is 51.3 Å². The number of phenols is 1. The number of aromatic amines is 1. The third-order valence-corrected chi connectivity index (χ3v) is 4.20. The summed E-state index contributed by atoms with van der Waals surface area (Å²) in [4.78, 5) is 15.8. The van der Waals surface area contributed by atoms with E-state index in [1.165, 1.54) is 24.0 Å². The number of ether oxygens (including phenoxy) is 1. The molecule has 1 aliphatic carbocycles. The predicted octanol–water partition coefficient (Wildman–Crippen LogP) is 1.34. The maximum Gasteiger partial charge on any atom is 0.240 e. The Morgan fingerprint density at radius 3 is 3.16 bits per heavy atom. The molecule has 0 unspecified atom stereocenters. The summed E-state index contributed by atoms with van der Waals surface area (Å²) in [6.07, 6.45) is 3.56. The molecule has 9 nitrogen and oxygen atoms in total. The lowest BCUT2D eigenvalue weighted by Gasteiger charge is -2.02. The number of methoxy groups -OCH3 is 1. The Bertz CT molecular complexity index is 774. The molecule has 0 spiro atoms. The van der Waals surface area contributed by atoms with Gasteiger partial charge in [0, 0.05) is 11.6 Å². The first kappa shape index (κ1) is 17.1. The van der Waals surface area contributed by atoms with Gasteiger partial charge in [-0.15, -0.1) is 5.10 Å². The first-order valence-corrected chi connectivity index (χ1v) is 8.63. The molecule has 0 saturated heterocycles. The minimum Gasteiger partial charge on any atom is -0.507 e. The second kappa shape index (κ2) is 7.88. The number of benzene rings is 1. The first-order chi connectivity index (χ1) is 12.1. The minimum atomic E-state index is -0.0154. The van der Waals surface area contributed by atoms with Gasteiger partial charge in [0.15, 0.2) is 0 Å². The van der Waals surface area contributed by atoms with Crippen molar-refractivity contribution in [3.05, 3.63) is 23.8 Å². The van der Waals surface area contributed by atoms with E-state index in [2.05, 4.69) is 31.0 Å². The zero-order chi connectivity index (χ0) is 17.6. The van der Waals surface area contributed by atoms with Gasteiger partial charge in [-0.3, -0.25) is 4.79 Å². The number of rotatable bonds is 8. The van der Waals surface area contributed by atoms with E-state index in [1.54, 1.807) is 19.2 Å². The van der Waals surface area contributed by atoms with Gasteiger partial charge in [0.1, 0.15) is 11.5 Å². The summed E-state index contributed by atoms with van der Waals surface area (Å²) in [5, 5.41) is 23.8. The van der Waals surface area contributed by atoms with E-state index >= 15 is 0 Å². The minimum absolute atomic E-state index is 0.0154. The van der Waals surface area contributed by atoms with Gasteiger partial charge in [-0.05, 0) is 31.0 Å². The zero-order valence-electron chi connectivity index (χ0n) is 13.5. The third-order valence-electron chi connectivity index (χ3n) is 3.35. The van der Waals surface area contributed by atoms with Crippen molar-refractivity contribution in [1.29, 1.82) is 0 Å². The van der Waals surface area contributed by atoms with Crippen molar-refractivity contribution in [3.8, 4) is 11.5 Å². The molecular formula is C15H18N6O3S. The van der Waals surface area contributed by atoms with Crippen molar-refractivity contribution in [1.82, 2.24) is 20.5 Å². The summed E-state index contributed by atoms with van der Waals surface area (Å²) in [5.74, 6) is 1.29. The van der Waals surface area contributed by atoms with Gasteiger partial charge in [-0.25, -0.2) is 10.5 Å². The summed E-state index contributed by atoms with van der Waals surface area (Å²) in [6, 6.07) is 5.18. The van der Waals surface area contributed by atoms with Gasteiger partial charge >= 0.3 is 0 Å². The maximum atomic E-state index is 11.6. The van der Waals surface area contributed by atoms with Gasteiger partial charge in [-0.1, -0.05) is 11.8 Å². The van der Waals surface area contributed by atoms with E-state index in [0.29, 0.717) is 28.5 Å². The number of phenolic OH excluding ortho intramolecular Hbond substituents is 1. The number of nitrogens with zero attached hydrogens (tertiary/aromatic N) is 3. The highest BCUT2D eigenvalue weighted by Crippen LogP contribution is 2.21. The number of anilines is 1. The van der Waals surface area contributed by atoms with Crippen LogP contribution in [0.2, 0.25) is 0 Å². The number of H-pyrrole nitrogens is 1. The number of hydrazone groups is 1. The summed E-state index contributed by atoms with van der Waals surface area (Å²) in [7, 11) is 1.55. The molecule has 1 aromatic carbocycles. The van der Waals surface area contributed by atoms with Crippen LogP contribution >= 0.6 is 11.8 Å². The molecule has 25 heavy (non-hydrogen) atoms. The van der Waals surface area contributed by atoms with Crippen molar-refractivity contribution >= 4 is 29.8 Å². The molecule has 132 valence electrons. The van der Waals surface area contributed by atoms with Crippen LogP contribution in [0.5, 0.6) is 11.5 Å². The first-order valence-electron chi connectivity index (χ1n) is 7.64. The van der Waals surface area contributed by atoms with Gasteiger partial charge in [0.25, 0.3) is 0 Å². The smallest absolute Gasteiger partial charge is 0.240 e. The Hall–Kier alpha value is -2.75. The fraction of sp³-hybridized carbons (Fsp3) is 0.333. The Balaban J connectivity index is 1.50. The predicted molar refractivity (Wildman–Crippen MR) is 94.1 cm³/mol. The largest absolute Gasteiger partial charge is 0.507 e. The van der Waals surface area contributed by atoms with Crippen LogP contribution in [-0.2, 0) is 4.79 Å². The maximum absolute atomic E-state index is 11.6. The fourth-order valence-electron chi connectivity index (χ4n) is 1.91. The van der Waals surface area contributed by atoms with Crippen LogP contribution in [0.25, 0.3) is 0 Å². The normalized spacial score (nSPS) is 13.8. The van der Waals surface area contributed by atoms with Crippen molar-refractivity contribution in [3.63, 3.8) is 0 Å². The molecule has 1 amide bonds. The quantitative estimate of drug-likeness (QED) is 0.317. The van der Waals surface area contributed by atoms with Crippen LogP contribution in [0.3, 0.4) is 0 Å². The highest BCUT2D eigenvalue weighted by atomic mass is 32.2. The molecule has 2 aromatic rings. The Morgan fingerprint density at radius 1 is 1.56 bits per heavy atom. The lowest BCUT2D eigenvalue weighted by atomic mass is 10.2. The van der Waals surface area contributed by atoms with E-state index in [-0.39, 0.29) is 17.4 Å². The van der Waals surface area contributed by atoms with Crippen LogP contribution in [0.1, 0.15) is 18.4 Å². The second-order valence-electron chi connectivity index (χ2n) is 5.39. The molecule has 1 fully saturated rings. The number of aromatic hydroxyl groups is 1. The number of hydrogen-bond acceptors (Lipinski definition) is 8. The summed E-state index contributed by atoms with van der Waals surface area (Å²) >= 11 is 1.24. The number of aromatic nitrogens is 3. The molecule has 10 heteroatoms. The fourth-order valence-corrected chi connectivity index (χ4v) is 2.52. The number of carbonyl (C=O) groups excluding carboxylic acids is 1. The molecule has 0 atom stereocenters. The van der Waals surface area contributed by atoms with E-state index in [0.717, 1.165) is 12.8 Å². The average molecular weight is 362 g/mol. The van der Waals surface area contributed by atoms with Gasteiger partial charge in [0.05, 0.1) is 19.1 Å². The average Bonchev–Trinajstić information content (AvgIpc) is 3.30. The molecule has 1 heterocycles. The number of carbonyl (C=O) groups is 1. The SMILES string of the molecule is COc1ccc(O)c(/C=N/Nc2nc(SCC(=O)NC3CC3)n[nH]2)c1. The molecule has 0 aliphatic heterocycles. The van der Waals surface area contributed by atoms with Crippen molar-refractivity contribution in [2.45, 2.75) is 24.0 Å². The molecule has 1 aromatic heterocycles. The zero-order valence-corrected chi connectivity index (χ0v) is 14.3. The Labute approximate surface area is 148 Å². The molecule has 3 rings (SSSR count). The highest BCUT2D eigenvalue weighted by molar-refractivity contribution is 7.99. The van der Waals surface area contributed by atoms with Crippen LogP contribution in [0.15, 0.2) is 28.5 Å². The standard InChI is InChI=1S/C15H18N6O3S/c1-24-11-4-5-12(22)9(6-11)7-16-19-14-18-15(21-20-14)25-8-13(23)17-10-2-3-10/h4-7,10,22H,2-3,8H2,1H3,(H,17,23)(H2,18,19,20,21)/b16-7+. The van der Waals surface area contributed by atoms with Crippen molar-refractivity contribution in [2.75, 3.05) is 18.3 Å². The van der Waals surface area contributed by atoms with Gasteiger partial charge < -0.3 is 15.2 Å². The topological polar surface area (TPSA) is 125 Å². The van der Waals surface area contributed by atoms with E-state index in [1.807, 2.05) is 0 Å².